The van der Waals surface area contributed by atoms with Gasteiger partial charge in [-0.25, -0.2) is 4.79 Å². The number of anilines is 8. The number of carbonyl (C=O) groups excluding carboxylic acids is 2. The highest BCUT2D eigenvalue weighted by molar-refractivity contribution is 5.92. The molecule has 0 aliphatic heterocycles. The van der Waals surface area contributed by atoms with Crippen LogP contribution in [0.2, 0.25) is 0 Å². The highest BCUT2D eigenvalue weighted by atomic mass is 16.5. The number of benzene rings is 4. The van der Waals surface area contributed by atoms with Crippen molar-refractivity contribution >= 4 is 58.5 Å². The number of nitrogens with two attached hydrogens (primary N) is 2. The van der Waals surface area contributed by atoms with Crippen LogP contribution in [0, 0.1) is 0 Å². The molecule has 198 valence electrons. The van der Waals surface area contributed by atoms with Crippen LogP contribution in [0.5, 0.6) is 5.75 Å². The first-order valence-corrected chi connectivity index (χ1v) is 12.1. The average molecular weight is 533 g/mol. The van der Waals surface area contributed by atoms with Gasteiger partial charge in [0, 0.05) is 34.0 Å². The first-order chi connectivity index (χ1) is 19.4. The van der Waals surface area contributed by atoms with E-state index in [0.29, 0.717) is 52.1 Å². The van der Waals surface area contributed by atoms with Crippen LogP contribution in [-0.4, -0.2) is 27.2 Å². The number of esters is 1. The summed E-state index contributed by atoms with van der Waals surface area (Å²) in [7, 11) is 0. The number of aldehydes is 1. The fourth-order valence-electron chi connectivity index (χ4n) is 3.53. The van der Waals surface area contributed by atoms with Gasteiger partial charge >= 0.3 is 5.97 Å². The Morgan fingerprint density at radius 3 is 1.40 bits per heavy atom. The Balaban J connectivity index is 1.33. The Bertz CT molecular complexity index is 1560. The van der Waals surface area contributed by atoms with E-state index in [-0.39, 0.29) is 5.95 Å². The third kappa shape index (κ3) is 6.66. The number of nitrogens with zero attached hydrogens (tertiary/aromatic N) is 3. The maximum absolute atomic E-state index is 12.4. The highest BCUT2D eigenvalue weighted by Gasteiger charge is 2.11. The van der Waals surface area contributed by atoms with E-state index >= 15 is 0 Å². The molecule has 0 unspecified atom stereocenters. The molecule has 0 atom stereocenters. The van der Waals surface area contributed by atoms with Crippen molar-refractivity contribution in [1.29, 1.82) is 0 Å². The molecule has 5 rings (SSSR count). The quantitative estimate of drug-likeness (QED) is 0.0722. The molecular weight excluding hydrogens is 508 g/mol. The molecule has 4 aromatic carbocycles. The van der Waals surface area contributed by atoms with Crippen LogP contribution < -0.4 is 32.2 Å². The molecule has 0 amide bonds. The lowest BCUT2D eigenvalue weighted by Gasteiger charge is -2.12. The van der Waals surface area contributed by atoms with Gasteiger partial charge in [0.05, 0.1) is 5.56 Å². The van der Waals surface area contributed by atoms with Crippen LogP contribution in [0.15, 0.2) is 97.1 Å². The van der Waals surface area contributed by atoms with Crippen molar-refractivity contribution in [2.75, 3.05) is 27.4 Å². The number of hydrogen-bond acceptors (Lipinski definition) is 11. The molecule has 0 saturated carbocycles. The predicted molar refractivity (Wildman–Crippen MR) is 155 cm³/mol. The molecule has 0 bridgehead atoms. The third-order valence-corrected chi connectivity index (χ3v) is 5.57. The summed E-state index contributed by atoms with van der Waals surface area (Å²) in [6.07, 6.45) is 0.710. The van der Waals surface area contributed by atoms with Gasteiger partial charge < -0.3 is 32.2 Å². The summed E-state index contributed by atoms with van der Waals surface area (Å²) in [5.41, 5.74) is 15.8. The summed E-state index contributed by atoms with van der Waals surface area (Å²) in [4.78, 5) is 36.7. The highest BCUT2D eigenvalue weighted by Crippen LogP contribution is 2.23. The lowest BCUT2D eigenvalue weighted by molar-refractivity contribution is 0.0734. The zero-order chi connectivity index (χ0) is 27.9. The summed E-state index contributed by atoms with van der Waals surface area (Å²) in [6, 6.07) is 27.2. The number of rotatable bonds is 9. The van der Waals surface area contributed by atoms with E-state index in [1.807, 2.05) is 24.3 Å². The first-order valence-electron chi connectivity index (χ1n) is 12.1. The minimum Gasteiger partial charge on any atom is -0.423 e. The average Bonchev–Trinajstić information content (AvgIpc) is 2.96. The lowest BCUT2D eigenvalue weighted by Crippen LogP contribution is -2.09. The van der Waals surface area contributed by atoms with Crippen LogP contribution in [0.25, 0.3) is 0 Å². The van der Waals surface area contributed by atoms with E-state index in [4.69, 9.17) is 16.2 Å². The van der Waals surface area contributed by atoms with Crippen molar-refractivity contribution < 1.29 is 14.3 Å². The first kappa shape index (κ1) is 25.7. The zero-order valence-electron chi connectivity index (χ0n) is 21.0. The second-order valence-electron chi connectivity index (χ2n) is 8.58. The van der Waals surface area contributed by atoms with Gasteiger partial charge in [-0.1, -0.05) is 12.1 Å². The maximum Gasteiger partial charge on any atom is 0.343 e. The van der Waals surface area contributed by atoms with Crippen molar-refractivity contribution in [2.24, 2.45) is 0 Å². The summed E-state index contributed by atoms with van der Waals surface area (Å²) < 4.78 is 5.43. The van der Waals surface area contributed by atoms with Crippen molar-refractivity contribution in [3.63, 3.8) is 0 Å². The number of aromatic nitrogens is 3. The van der Waals surface area contributed by atoms with Gasteiger partial charge in [-0.15, -0.1) is 0 Å². The largest absolute Gasteiger partial charge is 0.423 e. The monoisotopic (exact) mass is 532 g/mol. The molecule has 0 spiro atoms. The van der Waals surface area contributed by atoms with E-state index in [9.17, 15) is 9.59 Å². The van der Waals surface area contributed by atoms with Gasteiger partial charge in [-0.05, 0) is 84.9 Å². The van der Waals surface area contributed by atoms with Crippen molar-refractivity contribution in [3.8, 4) is 5.75 Å². The maximum atomic E-state index is 12.4. The zero-order valence-corrected chi connectivity index (χ0v) is 21.0. The lowest BCUT2D eigenvalue weighted by atomic mass is 10.1. The molecule has 1 heterocycles. The third-order valence-electron chi connectivity index (χ3n) is 5.57. The molecule has 0 fully saturated rings. The van der Waals surface area contributed by atoms with Gasteiger partial charge in [-0.3, -0.25) is 4.79 Å². The molecular formula is C29H24N8O3. The summed E-state index contributed by atoms with van der Waals surface area (Å²) in [5.74, 6) is 0.679. The number of nitrogen functional groups attached to an aromatic ring is 2. The van der Waals surface area contributed by atoms with Gasteiger partial charge in [0.1, 0.15) is 12.0 Å². The second-order valence-corrected chi connectivity index (χ2v) is 8.58. The minimum absolute atomic E-state index is 0.269. The number of nitrogens with one attached hydrogen (secondary N) is 3. The number of ether oxygens (including phenoxy) is 1. The summed E-state index contributed by atoms with van der Waals surface area (Å²) >= 11 is 0. The van der Waals surface area contributed by atoms with Crippen LogP contribution in [0.1, 0.15) is 20.7 Å². The van der Waals surface area contributed by atoms with Gasteiger partial charge in [0.2, 0.25) is 17.8 Å². The molecule has 0 aliphatic rings. The molecule has 7 N–H and O–H groups in total. The fraction of sp³-hybridized carbons (Fsp3) is 0. The van der Waals surface area contributed by atoms with E-state index < -0.39 is 5.97 Å². The smallest absolute Gasteiger partial charge is 0.343 e. The van der Waals surface area contributed by atoms with E-state index in [1.165, 1.54) is 12.1 Å². The van der Waals surface area contributed by atoms with Crippen molar-refractivity contribution in [2.45, 2.75) is 0 Å². The molecule has 11 nitrogen and oxygen atoms in total. The molecule has 11 heteroatoms. The topological polar surface area (TPSA) is 170 Å². The summed E-state index contributed by atoms with van der Waals surface area (Å²) in [6.45, 7) is 0. The van der Waals surface area contributed by atoms with Gasteiger partial charge in [-0.2, -0.15) is 15.0 Å². The number of hydrogen-bond donors (Lipinski definition) is 5. The van der Waals surface area contributed by atoms with Gasteiger partial charge in [0.15, 0.2) is 0 Å². The second kappa shape index (κ2) is 11.6. The molecule has 0 radical (unpaired) electrons. The van der Waals surface area contributed by atoms with Gasteiger partial charge in [0.25, 0.3) is 0 Å². The predicted octanol–water partition coefficient (Wildman–Crippen LogP) is 5.30. The molecule has 0 aliphatic carbocycles. The van der Waals surface area contributed by atoms with E-state index in [2.05, 4.69) is 30.9 Å². The van der Waals surface area contributed by atoms with Crippen LogP contribution in [-0.2, 0) is 0 Å². The SMILES string of the molecule is Nc1ccc(Nc2nc(Nc3ccc(N)cc3)nc(Nc3ccc(OC(=O)c4ccc(C=O)cc4)cc3)n2)cc1. The van der Waals surface area contributed by atoms with Crippen LogP contribution in [0.3, 0.4) is 0 Å². The molecule has 5 aromatic rings. The number of carbonyl (C=O) groups is 2. The standard InChI is InChI=1S/C29H24N8O3/c30-20-5-9-22(10-6-20)32-27-35-28(33-23-11-7-21(31)8-12-23)37-29(36-27)34-24-13-15-25(16-14-24)40-26(39)19-3-1-18(17-38)2-4-19/h1-17H,30-31H2,(H3,32,33,34,35,36,37). The Labute approximate surface area is 229 Å². The normalized spacial score (nSPS) is 10.4. The summed E-state index contributed by atoms with van der Waals surface area (Å²) in [5, 5.41) is 9.45. The van der Waals surface area contributed by atoms with Crippen molar-refractivity contribution in [3.05, 3.63) is 108 Å². The Morgan fingerprint density at radius 2 is 1.00 bits per heavy atom. The Kier molecular flexibility index (Phi) is 7.45. The minimum atomic E-state index is -0.535. The van der Waals surface area contributed by atoms with E-state index in [0.717, 1.165) is 11.4 Å². The molecule has 0 saturated heterocycles. The Morgan fingerprint density at radius 1 is 0.600 bits per heavy atom. The fourth-order valence-corrected chi connectivity index (χ4v) is 3.53. The molecule has 40 heavy (non-hydrogen) atoms. The van der Waals surface area contributed by atoms with Crippen LogP contribution >= 0.6 is 0 Å². The van der Waals surface area contributed by atoms with Crippen molar-refractivity contribution in [1.82, 2.24) is 15.0 Å². The molecule has 1 aromatic heterocycles. The Hall–Kier alpha value is -5.97. The van der Waals surface area contributed by atoms with Crippen LogP contribution in [0.4, 0.5) is 46.3 Å². The van der Waals surface area contributed by atoms with E-state index in [1.54, 1.807) is 60.7 Å².